The summed E-state index contributed by atoms with van der Waals surface area (Å²) in [7, 11) is 0. The van der Waals surface area contributed by atoms with E-state index in [-0.39, 0.29) is 12.4 Å². The third-order valence-electron chi connectivity index (χ3n) is 5.67. The Morgan fingerprint density at radius 1 is 0.778 bits per heavy atom. The Bertz CT molecular complexity index is 1180. The van der Waals surface area contributed by atoms with Crippen molar-refractivity contribution in [3.63, 3.8) is 0 Å². The Hall–Kier alpha value is -2.83. The molecule has 0 atom stereocenters. The van der Waals surface area contributed by atoms with Gasteiger partial charge >= 0.3 is 0 Å². The normalized spacial score (nSPS) is 10.7. The molecule has 36 heavy (non-hydrogen) atoms. The summed E-state index contributed by atoms with van der Waals surface area (Å²) in [5.41, 5.74) is 4.32. The highest BCUT2D eigenvalue weighted by Crippen LogP contribution is 2.28. The summed E-state index contributed by atoms with van der Waals surface area (Å²) in [4.78, 5) is 11.9. The second kappa shape index (κ2) is 13.5. The summed E-state index contributed by atoms with van der Waals surface area (Å²) < 4.78 is 5.98. The van der Waals surface area contributed by atoms with E-state index in [1.54, 1.807) is 0 Å². The van der Waals surface area contributed by atoms with Gasteiger partial charge < -0.3 is 15.0 Å². The SMILES string of the molecule is CCN(CC)CCOc1cccc(Nc2nc(-c3ccc(Cl)cc3)cc(-c3ccc(Cl)cc3)n2)c1.Cl. The van der Waals surface area contributed by atoms with Gasteiger partial charge in [0.2, 0.25) is 5.95 Å². The molecular formula is C28H29Cl3N4O. The molecule has 1 heterocycles. The third kappa shape index (κ3) is 7.58. The van der Waals surface area contributed by atoms with Gasteiger partial charge in [0.25, 0.3) is 0 Å². The summed E-state index contributed by atoms with van der Waals surface area (Å²) in [6, 6.07) is 25.0. The zero-order chi connectivity index (χ0) is 24.6. The van der Waals surface area contributed by atoms with E-state index >= 15 is 0 Å². The van der Waals surface area contributed by atoms with Gasteiger partial charge in [-0.05, 0) is 55.6 Å². The van der Waals surface area contributed by atoms with E-state index in [0.29, 0.717) is 22.6 Å². The van der Waals surface area contributed by atoms with Crippen LogP contribution in [0, 0.1) is 0 Å². The number of nitrogens with zero attached hydrogens (tertiary/aromatic N) is 3. The van der Waals surface area contributed by atoms with Crippen molar-refractivity contribution in [2.45, 2.75) is 13.8 Å². The van der Waals surface area contributed by atoms with Crippen LogP contribution >= 0.6 is 35.6 Å². The Kier molecular flexibility index (Phi) is 10.4. The molecule has 4 aromatic rings. The molecule has 0 amide bonds. The molecule has 0 aliphatic heterocycles. The predicted octanol–water partition coefficient (Wildman–Crippen LogP) is 8.00. The van der Waals surface area contributed by atoms with E-state index in [2.05, 4.69) is 24.1 Å². The number of hydrogen-bond acceptors (Lipinski definition) is 5. The molecule has 5 nitrogen and oxygen atoms in total. The highest BCUT2D eigenvalue weighted by atomic mass is 35.5. The minimum atomic E-state index is 0. The maximum absolute atomic E-state index is 6.09. The molecule has 0 aliphatic rings. The van der Waals surface area contributed by atoms with Gasteiger partial charge in [-0.2, -0.15) is 0 Å². The van der Waals surface area contributed by atoms with Gasteiger partial charge in [0.05, 0.1) is 11.4 Å². The average molecular weight is 544 g/mol. The Morgan fingerprint density at radius 3 is 1.86 bits per heavy atom. The molecular weight excluding hydrogens is 515 g/mol. The van der Waals surface area contributed by atoms with Crippen LogP contribution in [0.4, 0.5) is 11.6 Å². The van der Waals surface area contributed by atoms with Crippen molar-refractivity contribution in [1.29, 1.82) is 0 Å². The van der Waals surface area contributed by atoms with E-state index in [4.69, 9.17) is 37.9 Å². The number of anilines is 2. The smallest absolute Gasteiger partial charge is 0.228 e. The number of aromatic nitrogens is 2. The summed E-state index contributed by atoms with van der Waals surface area (Å²) in [6.07, 6.45) is 0. The quantitative estimate of drug-likeness (QED) is 0.220. The van der Waals surface area contributed by atoms with Crippen molar-refractivity contribution in [2.24, 2.45) is 0 Å². The van der Waals surface area contributed by atoms with Crippen LogP contribution in [-0.4, -0.2) is 41.1 Å². The van der Waals surface area contributed by atoms with Crippen molar-refractivity contribution in [3.05, 3.63) is 88.9 Å². The van der Waals surface area contributed by atoms with Gasteiger partial charge in [-0.15, -0.1) is 12.4 Å². The fourth-order valence-electron chi connectivity index (χ4n) is 3.67. The largest absolute Gasteiger partial charge is 0.492 e. The molecule has 0 saturated heterocycles. The third-order valence-corrected chi connectivity index (χ3v) is 6.17. The molecule has 0 bridgehead atoms. The highest BCUT2D eigenvalue weighted by Gasteiger charge is 2.10. The molecule has 4 rings (SSSR count). The van der Waals surface area contributed by atoms with Crippen molar-refractivity contribution in [1.82, 2.24) is 14.9 Å². The molecule has 1 N–H and O–H groups in total. The monoisotopic (exact) mass is 542 g/mol. The maximum atomic E-state index is 6.09. The zero-order valence-corrected chi connectivity index (χ0v) is 22.6. The minimum absolute atomic E-state index is 0. The zero-order valence-electron chi connectivity index (χ0n) is 20.2. The maximum Gasteiger partial charge on any atom is 0.228 e. The lowest BCUT2D eigenvalue weighted by Crippen LogP contribution is -2.27. The van der Waals surface area contributed by atoms with Crippen molar-refractivity contribution >= 4 is 47.2 Å². The van der Waals surface area contributed by atoms with Gasteiger partial charge in [0.1, 0.15) is 12.4 Å². The molecule has 0 fully saturated rings. The van der Waals surface area contributed by atoms with Crippen LogP contribution in [0.1, 0.15) is 13.8 Å². The Labute approximate surface area is 228 Å². The Balaban J connectivity index is 0.00000361. The number of nitrogens with one attached hydrogen (secondary N) is 1. The van der Waals surface area contributed by atoms with E-state index < -0.39 is 0 Å². The molecule has 8 heteroatoms. The molecule has 0 aliphatic carbocycles. The molecule has 3 aromatic carbocycles. The van der Waals surface area contributed by atoms with Crippen molar-refractivity contribution in [3.8, 4) is 28.3 Å². The van der Waals surface area contributed by atoms with Crippen molar-refractivity contribution < 1.29 is 4.74 Å². The van der Waals surface area contributed by atoms with Crippen LogP contribution in [0.3, 0.4) is 0 Å². The van der Waals surface area contributed by atoms with Gasteiger partial charge in [-0.25, -0.2) is 9.97 Å². The first-order chi connectivity index (χ1) is 17.0. The lowest BCUT2D eigenvalue weighted by molar-refractivity contribution is 0.223. The van der Waals surface area contributed by atoms with Crippen LogP contribution in [0.2, 0.25) is 10.0 Å². The standard InChI is InChI=1S/C28H28Cl2N4O.ClH/c1-3-34(4-2)16-17-35-25-7-5-6-24(18-25)31-28-32-26(20-8-12-22(29)13-9-20)19-27(33-28)21-10-14-23(30)15-11-21;/h5-15,18-19H,3-4,16-17H2,1-2H3,(H,31,32,33);1H. The number of halogens is 3. The molecule has 1 aromatic heterocycles. The average Bonchev–Trinajstić information content (AvgIpc) is 2.87. The number of ether oxygens (including phenoxy) is 1. The second-order valence-electron chi connectivity index (χ2n) is 8.00. The van der Waals surface area contributed by atoms with Crippen LogP contribution in [-0.2, 0) is 0 Å². The predicted molar refractivity (Wildman–Crippen MR) is 153 cm³/mol. The van der Waals surface area contributed by atoms with Crippen LogP contribution < -0.4 is 10.1 Å². The van der Waals surface area contributed by atoms with E-state index in [1.807, 2.05) is 78.9 Å². The fraction of sp³-hybridized carbons (Fsp3) is 0.214. The van der Waals surface area contributed by atoms with Gasteiger partial charge in [0, 0.05) is 39.5 Å². The minimum Gasteiger partial charge on any atom is -0.492 e. The van der Waals surface area contributed by atoms with E-state index in [9.17, 15) is 0 Å². The topological polar surface area (TPSA) is 50.3 Å². The van der Waals surface area contributed by atoms with Gasteiger partial charge in [0.15, 0.2) is 0 Å². The van der Waals surface area contributed by atoms with Crippen LogP contribution in [0.5, 0.6) is 5.75 Å². The lowest BCUT2D eigenvalue weighted by atomic mass is 10.1. The van der Waals surface area contributed by atoms with Gasteiger partial charge in [-0.1, -0.05) is 67.4 Å². The van der Waals surface area contributed by atoms with Crippen molar-refractivity contribution in [2.75, 3.05) is 31.6 Å². The van der Waals surface area contributed by atoms with Crippen LogP contribution in [0.15, 0.2) is 78.9 Å². The summed E-state index contributed by atoms with van der Waals surface area (Å²) in [6.45, 7) is 7.86. The first kappa shape index (κ1) is 27.8. The summed E-state index contributed by atoms with van der Waals surface area (Å²) in [5.74, 6) is 1.29. The fourth-order valence-corrected chi connectivity index (χ4v) is 3.92. The first-order valence-electron chi connectivity index (χ1n) is 11.7. The molecule has 0 spiro atoms. The van der Waals surface area contributed by atoms with E-state index in [0.717, 1.165) is 53.6 Å². The highest BCUT2D eigenvalue weighted by molar-refractivity contribution is 6.30. The second-order valence-corrected chi connectivity index (χ2v) is 8.88. The molecule has 0 unspecified atom stereocenters. The molecule has 188 valence electrons. The number of benzene rings is 3. The Morgan fingerprint density at radius 2 is 1.33 bits per heavy atom. The molecule has 0 saturated carbocycles. The number of hydrogen-bond donors (Lipinski definition) is 1. The molecule has 0 radical (unpaired) electrons. The van der Waals surface area contributed by atoms with Gasteiger partial charge in [-0.3, -0.25) is 0 Å². The number of likely N-dealkylation sites (N-methyl/N-ethyl adjacent to an activating group) is 1. The summed E-state index contributed by atoms with van der Waals surface area (Å²) in [5, 5.41) is 4.70. The lowest BCUT2D eigenvalue weighted by Gasteiger charge is -2.18. The number of rotatable bonds is 10. The summed E-state index contributed by atoms with van der Waals surface area (Å²) >= 11 is 12.2. The van der Waals surface area contributed by atoms with Crippen LogP contribution in [0.25, 0.3) is 22.5 Å². The van der Waals surface area contributed by atoms with E-state index in [1.165, 1.54) is 0 Å². The first-order valence-corrected chi connectivity index (χ1v) is 12.4.